The van der Waals surface area contributed by atoms with Crippen molar-refractivity contribution in [3.05, 3.63) is 24.0 Å². The van der Waals surface area contributed by atoms with Crippen LogP contribution in [-0.4, -0.2) is 24.3 Å². The van der Waals surface area contributed by atoms with Crippen molar-refractivity contribution in [2.45, 2.75) is 17.2 Å². The minimum Gasteiger partial charge on any atom is -0.319 e. The Morgan fingerprint density at radius 3 is 3.07 bits per heavy atom. The third-order valence-electron chi connectivity index (χ3n) is 2.36. The van der Waals surface area contributed by atoms with Crippen LogP contribution in [0.4, 0.5) is 0 Å². The number of hydrogen-bond acceptors (Lipinski definition) is 3. The molecule has 2 heterocycles. The van der Waals surface area contributed by atoms with Crippen LogP contribution in [-0.2, 0) is 0 Å². The molecule has 2 nitrogen and oxygen atoms in total. The average molecular weight is 267 g/mol. The minimum absolute atomic E-state index is 0. The lowest BCUT2D eigenvalue weighted by atomic mass is 10.0. The first-order chi connectivity index (χ1) is 6.42. The summed E-state index contributed by atoms with van der Waals surface area (Å²) in [5.74, 6) is 1.84. The summed E-state index contributed by atoms with van der Waals surface area (Å²) in [6, 6.07) is 4.20. The van der Waals surface area contributed by atoms with Crippen LogP contribution in [0.25, 0.3) is 0 Å². The van der Waals surface area contributed by atoms with Crippen LogP contribution in [0.5, 0.6) is 0 Å². The molecule has 1 aromatic heterocycles. The summed E-state index contributed by atoms with van der Waals surface area (Å²) in [6.45, 7) is 1.05. The van der Waals surface area contributed by atoms with Crippen molar-refractivity contribution in [3.8, 4) is 0 Å². The number of aromatic nitrogens is 1. The molecule has 0 radical (unpaired) electrons. The number of hydrogen-bond donors (Lipinski definition) is 1. The second-order valence-corrected chi connectivity index (χ2v) is 4.42. The first kappa shape index (κ1) is 15.0. The van der Waals surface area contributed by atoms with E-state index < -0.39 is 0 Å². The van der Waals surface area contributed by atoms with Crippen molar-refractivity contribution in [2.24, 2.45) is 0 Å². The summed E-state index contributed by atoms with van der Waals surface area (Å²) in [5.41, 5.74) is 1.29. The Labute approximate surface area is 107 Å². The second-order valence-electron chi connectivity index (χ2n) is 3.28. The Hall–Kier alpha value is 0.0400. The standard InChI is InChI=1S/C10H14N2S.2ClH/c1-11-7-8-4-6-13-9-3-2-5-12-10(8)9;;/h2-3,5,8,11H,4,6-7H2,1H3;2*1H. The lowest BCUT2D eigenvalue weighted by Gasteiger charge is -2.23. The third kappa shape index (κ3) is 3.52. The Balaban J connectivity index is 0.000000980. The summed E-state index contributed by atoms with van der Waals surface area (Å²) in [7, 11) is 2.00. The molecule has 0 amide bonds. The summed E-state index contributed by atoms with van der Waals surface area (Å²) < 4.78 is 0. The van der Waals surface area contributed by atoms with Gasteiger partial charge in [0.15, 0.2) is 0 Å². The van der Waals surface area contributed by atoms with E-state index in [4.69, 9.17) is 0 Å². The van der Waals surface area contributed by atoms with Crippen molar-refractivity contribution in [2.75, 3.05) is 19.3 Å². The molecule has 0 fully saturated rings. The highest BCUT2D eigenvalue weighted by Gasteiger charge is 2.20. The van der Waals surface area contributed by atoms with Crippen LogP contribution in [0.15, 0.2) is 23.2 Å². The fourth-order valence-corrected chi connectivity index (χ4v) is 2.89. The van der Waals surface area contributed by atoms with Gasteiger partial charge >= 0.3 is 0 Å². The van der Waals surface area contributed by atoms with Crippen molar-refractivity contribution >= 4 is 36.6 Å². The van der Waals surface area contributed by atoms with E-state index in [-0.39, 0.29) is 24.8 Å². The first-order valence-corrected chi connectivity index (χ1v) is 5.62. The minimum atomic E-state index is 0. The van der Waals surface area contributed by atoms with Crippen LogP contribution in [0.1, 0.15) is 18.0 Å². The Morgan fingerprint density at radius 2 is 2.33 bits per heavy atom. The topological polar surface area (TPSA) is 24.9 Å². The fourth-order valence-electron chi connectivity index (χ4n) is 1.72. The zero-order chi connectivity index (χ0) is 9.10. The lowest BCUT2D eigenvalue weighted by Crippen LogP contribution is -2.21. The lowest BCUT2D eigenvalue weighted by molar-refractivity contribution is 0.583. The van der Waals surface area contributed by atoms with Crippen molar-refractivity contribution in [3.63, 3.8) is 0 Å². The van der Waals surface area contributed by atoms with E-state index in [2.05, 4.69) is 16.4 Å². The molecule has 1 N–H and O–H groups in total. The van der Waals surface area contributed by atoms with Gasteiger partial charge in [0, 0.05) is 23.6 Å². The Morgan fingerprint density at radius 1 is 1.53 bits per heavy atom. The van der Waals surface area contributed by atoms with Crippen molar-refractivity contribution in [1.82, 2.24) is 10.3 Å². The van der Waals surface area contributed by atoms with E-state index >= 15 is 0 Å². The van der Waals surface area contributed by atoms with Crippen molar-refractivity contribution < 1.29 is 0 Å². The van der Waals surface area contributed by atoms with Gasteiger partial charge in [-0.1, -0.05) is 0 Å². The molecule has 0 saturated carbocycles. The normalized spacial score (nSPS) is 18.3. The van der Waals surface area contributed by atoms with Gasteiger partial charge in [-0.05, 0) is 31.4 Å². The highest BCUT2D eigenvalue weighted by atomic mass is 35.5. The van der Waals surface area contributed by atoms with Gasteiger partial charge in [-0.25, -0.2) is 0 Å². The number of thioether (sulfide) groups is 1. The SMILES string of the molecule is CNCC1CCSc2cccnc21.Cl.Cl. The van der Waals surface area contributed by atoms with Gasteiger partial charge in [0.05, 0.1) is 5.69 Å². The molecule has 0 saturated heterocycles. The van der Waals surface area contributed by atoms with Crippen LogP contribution in [0.2, 0.25) is 0 Å². The number of halogens is 2. The molecule has 1 atom stereocenters. The summed E-state index contributed by atoms with van der Waals surface area (Å²) in [5, 5.41) is 3.23. The predicted octanol–water partition coefficient (Wildman–Crippen LogP) is 2.72. The largest absolute Gasteiger partial charge is 0.319 e. The maximum Gasteiger partial charge on any atom is 0.0583 e. The van der Waals surface area contributed by atoms with Gasteiger partial charge in [0.25, 0.3) is 0 Å². The molecule has 1 aromatic rings. The average Bonchev–Trinajstić information content (AvgIpc) is 2.19. The number of fused-ring (bicyclic) bond motifs is 1. The monoisotopic (exact) mass is 266 g/mol. The van der Waals surface area contributed by atoms with Crippen LogP contribution in [0, 0.1) is 0 Å². The maximum absolute atomic E-state index is 4.46. The van der Waals surface area contributed by atoms with Gasteiger partial charge < -0.3 is 5.32 Å². The fraction of sp³-hybridized carbons (Fsp3) is 0.500. The van der Waals surface area contributed by atoms with Gasteiger partial charge in [-0.3, -0.25) is 4.98 Å². The number of nitrogens with one attached hydrogen (secondary N) is 1. The van der Waals surface area contributed by atoms with Gasteiger partial charge in [0.1, 0.15) is 0 Å². The van der Waals surface area contributed by atoms with Gasteiger partial charge in [-0.2, -0.15) is 0 Å². The summed E-state index contributed by atoms with van der Waals surface area (Å²) >= 11 is 1.93. The quantitative estimate of drug-likeness (QED) is 0.891. The third-order valence-corrected chi connectivity index (χ3v) is 3.46. The molecule has 0 bridgehead atoms. The molecule has 2 rings (SSSR count). The highest BCUT2D eigenvalue weighted by molar-refractivity contribution is 7.99. The first-order valence-electron chi connectivity index (χ1n) is 4.64. The molecule has 1 aliphatic heterocycles. The van der Waals surface area contributed by atoms with E-state index in [1.165, 1.54) is 22.8 Å². The smallest absolute Gasteiger partial charge is 0.0583 e. The molecular weight excluding hydrogens is 251 g/mol. The predicted molar refractivity (Wildman–Crippen MR) is 70.7 cm³/mol. The molecule has 15 heavy (non-hydrogen) atoms. The maximum atomic E-state index is 4.46. The zero-order valence-corrected chi connectivity index (χ0v) is 11.1. The number of rotatable bonds is 2. The number of pyridine rings is 1. The van der Waals surface area contributed by atoms with Crippen LogP contribution in [0.3, 0.4) is 0 Å². The summed E-state index contributed by atoms with van der Waals surface area (Å²) in [6.07, 6.45) is 3.14. The van der Waals surface area contributed by atoms with Crippen LogP contribution >= 0.6 is 36.6 Å². The second kappa shape index (κ2) is 7.34. The number of nitrogens with zero attached hydrogens (tertiary/aromatic N) is 1. The molecule has 0 aromatic carbocycles. The number of likely N-dealkylation sites (N-methyl/N-ethyl adjacent to an activating group) is 1. The molecule has 5 heteroatoms. The van der Waals surface area contributed by atoms with E-state index in [0.717, 1.165) is 6.54 Å². The zero-order valence-electron chi connectivity index (χ0n) is 8.60. The van der Waals surface area contributed by atoms with E-state index in [9.17, 15) is 0 Å². The molecule has 1 aliphatic rings. The van der Waals surface area contributed by atoms with Gasteiger partial charge in [-0.15, -0.1) is 36.6 Å². The molecular formula is C10H16Cl2N2S. The molecule has 1 unspecified atom stereocenters. The highest BCUT2D eigenvalue weighted by Crippen LogP contribution is 2.35. The van der Waals surface area contributed by atoms with Gasteiger partial charge in [0.2, 0.25) is 0 Å². The molecule has 0 aliphatic carbocycles. The van der Waals surface area contributed by atoms with Crippen LogP contribution < -0.4 is 5.32 Å². The van der Waals surface area contributed by atoms with E-state index in [0.29, 0.717) is 5.92 Å². The summed E-state index contributed by atoms with van der Waals surface area (Å²) in [4.78, 5) is 5.83. The van der Waals surface area contributed by atoms with E-state index in [1.54, 1.807) is 0 Å². The molecule has 86 valence electrons. The molecule has 0 spiro atoms. The van der Waals surface area contributed by atoms with Crippen molar-refractivity contribution in [1.29, 1.82) is 0 Å². The Kier molecular flexibility index (Phi) is 7.36. The Bertz CT molecular complexity index is 297. The van der Waals surface area contributed by atoms with E-state index in [1.807, 2.05) is 31.1 Å².